The van der Waals surface area contributed by atoms with Gasteiger partial charge in [-0.2, -0.15) is 0 Å². The summed E-state index contributed by atoms with van der Waals surface area (Å²) < 4.78 is 0. The fraction of sp³-hybridized carbons (Fsp3) is 0.684. The van der Waals surface area contributed by atoms with Crippen molar-refractivity contribution in [3.8, 4) is 0 Å². The van der Waals surface area contributed by atoms with E-state index < -0.39 is 0 Å². The molecule has 25 heavy (non-hydrogen) atoms. The van der Waals surface area contributed by atoms with E-state index in [1.807, 2.05) is 11.3 Å². The molecule has 1 aromatic heterocycles. The minimum Gasteiger partial charge on any atom is -0.357 e. The monoisotopic (exact) mass is 364 g/mol. The zero-order chi connectivity index (χ0) is 17.9. The van der Waals surface area contributed by atoms with E-state index >= 15 is 0 Å². The normalized spacial score (nSPS) is 15.4. The molecule has 1 aliphatic carbocycles. The molecule has 0 radical (unpaired) electrons. The van der Waals surface area contributed by atoms with Crippen LogP contribution in [0.15, 0.2) is 17.1 Å². The molecular weight excluding hydrogens is 332 g/mol. The van der Waals surface area contributed by atoms with Crippen molar-refractivity contribution in [2.24, 2.45) is 10.9 Å². The fourth-order valence-electron chi connectivity index (χ4n) is 3.13. The van der Waals surface area contributed by atoms with E-state index in [9.17, 15) is 4.79 Å². The Labute approximate surface area is 155 Å². The molecule has 3 N–H and O–H groups in total. The van der Waals surface area contributed by atoms with Crippen molar-refractivity contribution in [3.05, 3.63) is 21.9 Å². The predicted molar refractivity (Wildman–Crippen MR) is 106 cm³/mol. The van der Waals surface area contributed by atoms with Gasteiger partial charge in [0.2, 0.25) is 5.91 Å². The zero-order valence-corrected chi connectivity index (χ0v) is 16.4. The fourth-order valence-corrected chi connectivity index (χ4v) is 4.01. The number of aryl methyl sites for hydroxylation is 1. The van der Waals surface area contributed by atoms with Crippen molar-refractivity contribution in [1.29, 1.82) is 0 Å². The van der Waals surface area contributed by atoms with Crippen LogP contribution in [-0.4, -0.2) is 31.5 Å². The van der Waals surface area contributed by atoms with Crippen molar-refractivity contribution in [3.63, 3.8) is 0 Å². The van der Waals surface area contributed by atoms with Gasteiger partial charge in [0.25, 0.3) is 0 Å². The summed E-state index contributed by atoms with van der Waals surface area (Å²) in [5, 5.41) is 9.55. The number of carbonyl (C=O) groups is 1. The second-order valence-electron chi connectivity index (χ2n) is 6.55. The summed E-state index contributed by atoms with van der Waals surface area (Å²) in [7, 11) is 0. The number of guanidine groups is 1. The van der Waals surface area contributed by atoms with Crippen LogP contribution >= 0.6 is 11.3 Å². The first-order valence-corrected chi connectivity index (χ1v) is 10.4. The molecule has 0 bridgehead atoms. The molecule has 2 rings (SSSR count). The number of amides is 1. The number of rotatable bonds is 9. The first-order chi connectivity index (χ1) is 12.2. The Morgan fingerprint density at radius 2 is 1.84 bits per heavy atom. The Morgan fingerprint density at radius 3 is 2.52 bits per heavy atom. The quantitative estimate of drug-likeness (QED) is 0.358. The maximum Gasteiger partial charge on any atom is 0.220 e. The van der Waals surface area contributed by atoms with Crippen molar-refractivity contribution in [1.82, 2.24) is 16.0 Å². The third-order valence-electron chi connectivity index (χ3n) is 4.49. The molecule has 140 valence electrons. The van der Waals surface area contributed by atoms with Crippen LogP contribution in [0.5, 0.6) is 0 Å². The van der Waals surface area contributed by atoms with Gasteiger partial charge in [-0.15, -0.1) is 11.3 Å². The van der Waals surface area contributed by atoms with E-state index in [1.54, 1.807) is 0 Å². The summed E-state index contributed by atoms with van der Waals surface area (Å²) in [5.41, 5.74) is 0. The highest BCUT2D eigenvalue weighted by Gasteiger charge is 2.17. The van der Waals surface area contributed by atoms with Crippen molar-refractivity contribution in [2.45, 2.75) is 58.9 Å². The molecule has 0 aromatic carbocycles. The lowest BCUT2D eigenvalue weighted by atomic mass is 10.0. The van der Waals surface area contributed by atoms with Gasteiger partial charge in [0.05, 0.1) is 6.54 Å². The van der Waals surface area contributed by atoms with Crippen molar-refractivity contribution >= 4 is 23.2 Å². The van der Waals surface area contributed by atoms with Crippen molar-refractivity contribution < 1.29 is 4.79 Å². The van der Waals surface area contributed by atoms with E-state index in [0.29, 0.717) is 32.0 Å². The minimum atomic E-state index is 0.182. The van der Waals surface area contributed by atoms with E-state index in [0.717, 1.165) is 18.9 Å². The molecule has 0 atom stereocenters. The second kappa shape index (κ2) is 11.1. The topological polar surface area (TPSA) is 65.5 Å². The smallest absolute Gasteiger partial charge is 0.220 e. The van der Waals surface area contributed by atoms with Crippen LogP contribution in [-0.2, 0) is 17.8 Å². The molecule has 5 nitrogen and oxygen atoms in total. The Kier molecular flexibility index (Phi) is 8.80. The highest BCUT2D eigenvalue weighted by atomic mass is 32.1. The summed E-state index contributed by atoms with van der Waals surface area (Å²) in [4.78, 5) is 19.2. The summed E-state index contributed by atoms with van der Waals surface area (Å²) in [6.07, 6.45) is 6.76. The van der Waals surface area contributed by atoms with Gasteiger partial charge in [-0.3, -0.25) is 4.79 Å². The number of thiophene rings is 1. The van der Waals surface area contributed by atoms with E-state index in [4.69, 9.17) is 0 Å². The summed E-state index contributed by atoms with van der Waals surface area (Å²) in [6, 6.07) is 4.33. The van der Waals surface area contributed by atoms with Gasteiger partial charge in [-0.05, 0) is 44.2 Å². The maximum atomic E-state index is 11.9. The van der Waals surface area contributed by atoms with Gasteiger partial charge in [-0.25, -0.2) is 4.99 Å². The lowest BCUT2D eigenvalue weighted by molar-refractivity contribution is -0.121. The summed E-state index contributed by atoms with van der Waals surface area (Å²) in [5.74, 6) is 1.59. The average molecular weight is 365 g/mol. The number of carbonyl (C=O) groups excluding carboxylic acids is 1. The molecule has 1 aliphatic rings. The zero-order valence-electron chi connectivity index (χ0n) is 15.6. The third-order valence-corrected chi connectivity index (χ3v) is 5.71. The van der Waals surface area contributed by atoms with Crippen LogP contribution in [0.25, 0.3) is 0 Å². The van der Waals surface area contributed by atoms with Crippen LogP contribution in [0.4, 0.5) is 0 Å². The lowest BCUT2D eigenvalue weighted by Crippen LogP contribution is -2.41. The van der Waals surface area contributed by atoms with Crippen LogP contribution < -0.4 is 16.0 Å². The van der Waals surface area contributed by atoms with Crippen LogP contribution in [0, 0.1) is 5.92 Å². The highest BCUT2D eigenvalue weighted by Crippen LogP contribution is 2.27. The standard InChI is InChI=1S/C19H32N4OS/c1-3-16-9-10-17(25-16)14-23-19(20-4-2)22-12-11-21-18(24)13-15-7-5-6-8-15/h9-10,15H,3-8,11-14H2,1-2H3,(H,21,24)(H2,20,22,23). The lowest BCUT2D eigenvalue weighted by Gasteiger charge is -2.13. The van der Waals surface area contributed by atoms with Crippen LogP contribution in [0.2, 0.25) is 0 Å². The Hall–Kier alpha value is -1.56. The average Bonchev–Trinajstić information content (AvgIpc) is 3.27. The van der Waals surface area contributed by atoms with Gasteiger partial charge in [0.1, 0.15) is 0 Å². The van der Waals surface area contributed by atoms with Gasteiger partial charge in [-0.1, -0.05) is 19.8 Å². The molecule has 0 spiro atoms. The SMILES string of the molecule is CCNC(=NCc1ccc(CC)s1)NCCNC(=O)CC1CCCC1. The Morgan fingerprint density at radius 1 is 1.12 bits per heavy atom. The van der Waals surface area contributed by atoms with Gasteiger partial charge >= 0.3 is 0 Å². The van der Waals surface area contributed by atoms with Crippen molar-refractivity contribution in [2.75, 3.05) is 19.6 Å². The first kappa shape index (κ1) is 19.8. The van der Waals surface area contributed by atoms with Gasteiger partial charge in [0.15, 0.2) is 5.96 Å². The van der Waals surface area contributed by atoms with E-state index in [-0.39, 0.29) is 5.91 Å². The number of nitrogens with one attached hydrogen (secondary N) is 3. The molecule has 1 saturated carbocycles. The Balaban J connectivity index is 1.67. The minimum absolute atomic E-state index is 0.182. The van der Waals surface area contributed by atoms with Crippen LogP contribution in [0.3, 0.4) is 0 Å². The van der Waals surface area contributed by atoms with Gasteiger partial charge < -0.3 is 16.0 Å². The molecule has 0 unspecified atom stereocenters. The number of aliphatic imine (C=N–C) groups is 1. The predicted octanol–water partition coefficient (Wildman–Crippen LogP) is 3.06. The summed E-state index contributed by atoms with van der Waals surface area (Å²) in [6.45, 7) is 7.06. The molecule has 1 heterocycles. The molecule has 6 heteroatoms. The molecule has 1 aromatic rings. The highest BCUT2D eigenvalue weighted by molar-refractivity contribution is 7.11. The molecular formula is C19H32N4OS. The largest absolute Gasteiger partial charge is 0.357 e. The van der Waals surface area contributed by atoms with Gasteiger partial charge in [0, 0.05) is 35.8 Å². The second-order valence-corrected chi connectivity index (χ2v) is 7.80. The maximum absolute atomic E-state index is 11.9. The van der Waals surface area contributed by atoms with E-state index in [1.165, 1.54) is 35.4 Å². The van der Waals surface area contributed by atoms with E-state index in [2.05, 4.69) is 46.9 Å². The molecule has 1 fully saturated rings. The molecule has 0 aliphatic heterocycles. The van der Waals surface area contributed by atoms with Crippen LogP contribution in [0.1, 0.15) is 55.7 Å². The summed E-state index contributed by atoms with van der Waals surface area (Å²) >= 11 is 1.82. The first-order valence-electron chi connectivity index (χ1n) is 9.57. The number of nitrogens with zero attached hydrogens (tertiary/aromatic N) is 1. The third kappa shape index (κ3) is 7.46. The number of hydrogen-bond acceptors (Lipinski definition) is 3. The number of hydrogen-bond donors (Lipinski definition) is 3. The Bertz CT molecular complexity index is 549. The molecule has 1 amide bonds. The molecule has 0 saturated heterocycles.